The molecule has 2 aromatic carbocycles. The summed E-state index contributed by atoms with van der Waals surface area (Å²) in [5.41, 5.74) is 3.82. The van der Waals surface area contributed by atoms with Gasteiger partial charge in [0.25, 0.3) is 0 Å². The first-order valence-electron chi connectivity index (χ1n) is 15.3. The Bertz CT molecular complexity index is 1880. The SMILES string of the molecule is CCn1nnc2c(C)c([C@@H](c3ccc(C)c(CN4CC5(CCOCC5)Oc5ncccc5S4(=O)=O)c3)C(C)(C)C(=O)O)ccc21. The lowest BCUT2D eigenvalue weighted by molar-refractivity contribution is -0.147. The number of aryl methyl sites for hydroxylation is 3. The first-order chi connectivity index (χ1) is 21.4. The number of sulfonamides is 1. The topological polar surface area (TPSA) is 137 Å². The van der Waals surface area contributed by atoms with Crippen LogP contribution in [-0.2, 0) is 32.6 Å². The normalized spacial score (nSPS) is 18.7. The zero-order chi connectivity index (χ0) is 32.1. The average Bonchev–Trinajstić information content (AvgIpc) is 3.41. The van der Waals surface area contributed by atoms with E-state index in [9.17, 15) is 18.3 Å². The minimum absolute atomic E-state index is 0.0381. The summed E-state index contributed by atoms with van der Waals surface area (Å²) in [7, 11) is -3.97. The fourth-order valence-corrected chi connectivity index (χ4v) is 8.20. The molecule has 0 aliphatic carbocycles. The second kappa shape index (κ2) is 11.5. The number of rotatable bonds is 7. The number of aliphatic carboxylic acids is 1. The molecular formula is C33H39N5O6S. The van der Waals surface area contributed by atoms with E-state index in [4.69, 9.17) is 9.47 Å². The first kappa shape index (κ1) is 31.1. The van der Waals surface area contributed by atoms with E-state index in [0.29, 0.717) is 32.6 Å². The number of fused-ring (bicyclic) bond motifs is 2. The van der Waals surface area contributed by atoms with Gasteiger partial charge in [-0.1, -0.05) is 29.5 Å². The summed E-state index contributed by atoms with van der Waals surface area (Å²) >= 11 is 0. The molecule has 45 heavy (non-hydrogen) atoms. The van der Waals surface area contributed by atoms with Crippen molar-refractivity contribution in [3.8, 4) is 5.88 Å². The van der Waals surface area contributed by atoms with Crippen molar-refractivity contribution >= 4 is 27.0 Å². The van der Waals surface area contributed by atoms with Gasteiger partial charge in [0.15, 0.2) is 0 Å². The second-order valence-electron chi connectivity index (χ2n) is 12.7. The summed E-state index contributed by atoms with van der Waals surface area (Å²) in [5, 5.41) is 19.1. The lowest BCUT2D eigenvalue weighted by atomic mass is 9.69. The maximum atomic E-state index is 14.1. The minimum atomic E-state index is -3.97. The van der Waals surface area contributed by atoms with Gasteiger partial charge in [-0.3, -0.25) is 4.79 Å². The highest BCUT2D eigenvalue weighted by atomic mass is 32.2. The van der Waals surface area contributed by atoms with Crippen molar-refractivity contribution in [3.63, 3.8) is 0 Å². The van der Waals surface area contributed by atoms with Crippen LogP contribution in [0.3, 0.4) is 0 Å². The standard InChI is InChI=1S/C33H39N5O6S/c1-6-38-26-12-11-25(22(3)29(26)35-36-38)28(32(4,5)31(39)40)23-10-9-21(2)24(18-23)19-37-20-33(13-16-43-17-14-33)44-30-27(45(37,41)42)8-7-15-34-30/h7-12,15,18,28H,6,13-14,16-17,19-20H2,1-5H3,(H,39,40)/t28-/m1/s1. The van der Waals surface area contributed by atoms with Crippen molar-refractivity contribution in [2.24, 2.45) is 5.41 Å². The maximum Gasteiger partial charge on any atom is 0.310 e. The Balaban J connectivity index is 1.46. The monoisotopic (exact) mass is 633 g/mol. The number of hydrogen-bond acceptors (Lipinski definition) is 8. The zero-order valence-electron chi connectivity index (χ0n) is 26.3. The van der Waals surface area contributed by atoms with E-state index in [-0.39, 0.29) is 23.9 Å². The van der Waals surface area contributed by atoms with Gasteiger partial charge in [-0.05, 0) is 80.6 Å². The smallest absolute Gasteiger partial charge is 0.310 e. The molecule has 2 aliphatic rings. The summed E-state index contributed by atoms with van der Waals surface area (Å²) in [6, 6.07) is 12.9. The number of carbonyl (C=O) groups is 1. The van der Waals surface area contributed by atoms with Crippen molar-refractivity contribution in [1.29, 1.82) is 0 Å². The molecular weight excluding hydrogens is 594 g/mol. The van der Waals surface area contributed by atoms with Crippen LogP contribution in [0, 0.1) is 19.3 Å². The molecule has 1 spiro atoms. The van der Waals surface area contributed by atoms with Crippen LogP contribution in [0.4, 0.5) is 0 Å². The molecule has 0 amide bonds. The number of pyridine rings is 1. The van der Waals surface area contributed by atoms with Gasteiger partial charge in [0, 0.05) is 38.0 Å². The van der Waals surface area contributed by atoms with E-state index in [1.165, 1.54) is 16.6 Å². The highest BCUT2D eigenvalue weighted by molar-refractivity contribution is 7.89. The molecule has 1 atom stereocenters. The highest BCUT2D eigenvalue weighted by Gasteiger charge is 2.46. The molecule has 2 aliphatic heterocycles. The average molecular weight is 634 g/mol. The molecule has 1 N–H and O–H groups in total. The fraction of sp³-hybridized carbons (Fsp3) is 0.455. The molecule has 0 saturated carbocycles. The third kappa shape index (κ3) is 5.38. The predicted octanol–water partition coefficient (Wildman–Crippen LogP) is 4.84. The fourth-order valence-electron chi connectivity index (χ4n) is 6.65. The lowest BCUT2D eigenvalue weighted by Crippen LogP contribution is -2.50. The number of aromatic nitrogens is 4. The van der Waals surface area contributed by atoms with Gasteiger partial charge < -0.3 is 14.6 Å². The second-order valence-corrected chi connectivity index (χ2v) is 14.6. The summed E-state index contributed by atoms with van der Waals surface area (Å²) in [6.45, 7) is 11.2. The molecule has 0 bridgehead atoms. The molecule has 2 aromatic heterocycles. The van der Waals surface area contributed by atoms with E-state index in [1.807, 2.05) is 55.8 Å². The van der Waals surface area contributed by atoms with Gasteiger partial charge >= 0.3 is 5.97 Å². The van der Waals surface area contributed by atoms with Gasteiger partial charge in [-0.25, -0.2) is 18.1 Å². The van der Waals surface area contributed by atoms with Crippen molar-refractivity contribution < 1.29 is 27.8 Å². The third-order valence-corrected chi connectivity index (χ3v) is 11.3. The lowest BCUT2D eigenvalue weighted by Gasteiger charge is -2.38. The highest BCUT2D eigenvalue weighted by Crippen LogP contribution is 2.45. The molecule has 238 valence electrons. The van der Waals surface area contributed by atoms with Crippen molar-refractivity contribution in [2.75, 3.05) is 19.8 Å². The van der Waals surface area contributed by atoms with Crippen LogP contribution in [0.2, 0.25) is 0 Å². The van der Waals surface area contributed by atoms with E-state index in [1.54, 1.807) is 19.9 Å². The zero-order valence-corrected chi connectivity index (χ0v) is 27.1. The maximum absolute atomic E-state index is 14.1. The van der Waals surface area contributed by atoms with Crippen LogP contribution in [0.25, 0.3) is 11.0 Å². The third-order valence-electron chi connectivity index (χ3n) is 9.45. The van der Waals surface area contributed by atoms with E-state index in [0.717, 1.165) is 38.9 Å². The molecule has 12 heteroatoms. The van der Waals surface area contributed by atoms with Gasteiger partial charge in [-0.2, -0.15) is 4.31 Å². The van der Waals surface area contributed by atoms with Gasteiger partial charge in [0.2, 0.25) is 15.9 Å². The Hall–Kier alpha value is -3.87. The number of benzene rings is 2. The van der Waals surface area contributed by atoms with Crippen molar-refractivity contribution in [2.45, 2.75) is 77.0 Å². The number of carboxylic acid groups (broad SMARTS) is 1. The van der Waals surface area contributed by atoms with Gasteiger partial charge in [-0.15, -0.1) is 5.10 Å². The van der Waals surface area contributed by atoms with Crippen LogP contribution in [-0.4, -0.2) is 69.1 Å². The predicted molar refractivity (Wildman–Crippen MR) is 168 cm³/mol. The quantitative estimate of drug-likeness (QED) is 0.303. The Labute approximate surface area is 263 Å². The molecule has 11 nitrogen and oxygen atoms in total. The largest absolute Gasteiger partial charge is 0.481 e. The molecule has 0 unspecified atom stereocenters. The van der Waals surface area contributed by atoms with Crippen LogP contribution in [0.1, 0.15) is 67.3 Å². The van der Waals surface area contributed by atoms with Crippen LogP contribution >= 0.6 is 0 Å². The van der Waals surface area contributed by atoms with Crippen LogP contribution in [0.5, 0.6) is 5.88 Å². The number of nitrogens with zero attached hydrogens (tertiary/aromatic N) is 5. The summed E-state index contributed by atoms with van der Waals surface area (Å²) in [5.74, 6) is -1.38. The Morgan fingerprint density at radius 2 is 1.89 bits per heavy atom. The molecule has 1 fully saturated rings. The molecule has 0 radical (unpaired) electrons. The Morgan fingerprint density at radius 1 is 1.13 bits per heavy atom. The van der Waals surface area contributed by atoms with Crippen LogP contribution in [0.15, 0.2) is 53.6 Å². The van der Waals surface area contributed by atoms with Crippen molar-refractivity contribution in [1.82, 2.24) is 24.3 Å². The van der Waals surface area contributed by atoms with E-state index >= 15 is 0 Å². The van der Waals surface area contributed by atoms with E-state index in [2.05, 4.69) is 15.3 Å². The molecule has 4 heterocycles. The van der Waals surface area contributed by atoms with Crippen LogP contribution < -0.4 is 4.74 Å². The molecule has 4 aromatic rings. The number of carboxylic acids is 1. The Kier molecular flexibility index (Phi) is 7.95. The van der Waals surface area contributed by atoms with Gasteiger partial charge in [0.05, 0.1) is 30.7 Å². The summed E-state index contributed by atoms with van der Waals surface area (Å²) in [6.07, 6.45) is 2.61. The summed E-state index contributed by atoms with van der Waals surface area (Å²) in [4.78, 5) is 17.1. The first-order valence-corrected chi connectivity index (χ1v) is 16.7. The molecule has 1 saturated heterocycles. The molecule has 6 rings (SSSR count). The minimum Gasteiger partial charge on any atom is -0.481 e. The Morgan fingerprint density at radius 3 is 2.60 bits per heavy atom. The number of hydrogen-bond donors (Lipinski definition) is 1. The van der Waals surface area contributed by atoms with E-state index < -0.39 is 32.9 Å². The van der Waals surface area contributed by atoms with Crippen molar-refractivity contribution in [3.05, 3.63) is 76.5 Å². The van der Waals surface area contributed by atoms with Gasteiger partial charge in [0.1, 0.15) is 16.0 Å². The summed E-state index contributed by atoms with van der Waals surface area (Å²) < 4.78 is 43.5. The number of ether oxygens (including phenoxy) is 2.